The molecule has 0 radical (unpaired) electrons. The van der Waals surface area contributed by atoms with Crippen molar-refractivity contribution in [3.05, 3.63) is 93.9 Å². The molecule has 7 nitrogen and oxygen atoms in total. The quantitative estimate of drug-likeness (QED) is 0.509. The number of nitro groups is 1. The Kier molecular flexibility index (Phi) is 3.46. The van der Waals surface area contributed by atoms with Gasteiger partial charge in [-0.25, -0.2) is 5.01 Å². The van der Waals surface area contributed by atoms with Crippen LogP contribution >= 0.6 is 0 Å². The molecule has 2 atom stereocenters. The number of hydrogen-bond acceptors (Lipinski definition) is 6. The van der Waals surface area contributed by atoms with Crippen molar-refractivity contribution in [3.63, 3.8) is 0 Å². The van der Waals surface area contributed by atoms with Crippen molar-refractivity contribution < 1.29 is 14.1 Å². The first-order valence-corrected chi connectivity index (χ1v) is 8.60. The second kappa shape index (κ2) is 5.98. The molecule has 5 rings (SSSR count). The van der Waals surface area contributed by atoms with Crippen molar-refractivity contribution in [1.29, 1.82) is 0 Å². The van der Waals surface area contributed by atoms with Gasteiger partial charge in [0.05, 0.1) is 17.2 Å². The van der Waals surface area contributed by atoms with Crippen molar-refractivity contribution in [2.75, 3.05) is 0 Å². The van der Waals surface area contributed by atoms with Gasteiger partial charge in [-0.15, -0.1) is 0 Å². The predicted octanol–water partition coefficient (Wildman–Crippen LogP) is 4.43. The van der Waals surface area contributed by atoms with Gasteiger partial charge >= 0.3 is 0 Å². The minimum atomic E-state index is -0.544. The van der Waals surface area contributed by atoms with E-state index in [0.717, 1.165) is 22.8 Å². The number of rotatable bonds is 3. The van der Waals surface area contributed by atoms with Crippen LogP contribution in [0.4, 0.5) is 5.69 Å². The van der Waals surface area contributed by atoms with Crippen LogP contribution in [0.25, 0.3) is 0 Å². The standard InChI is InChI=1S/C20H15N3O4/c24-23(25)14-6-3-5-13(11-14)20-22-17(15-7-1-2-8-18(15)27-20)12-16(21-22)19-9-4-10-26-19/h1-11,17,20H,12H2/t17-,20-/m0/s1. The summed E-state index contributed by atoms with van der Waals surface area (Å²) >= 11 is 0. The molecule has 3 aromatic rings. The third-order valence-electron chi connectivity index (χ3n) is 4.87. The van der Waals surface area contributed by atoms with Gasteiger partial charge in [0.1, 0.15) is 17.2 Å². The Morgan fingerprint density at radius 2 is 2.00 bits per heavy atom. The average molecular weight is 361 g/mol. The van der Waals surface area contributed by atoms with Gasteiger partial charge in [-0.05, 0) is 18.2 Å². The summed E-state index contributed by atoms with van der Waals surface area (Å²) in [6.45, 7) is 0. The van der Waals surface area contributed by atoms with E-state index in [-0.39, 0.29) is 11.7 Å². The van der Waals surface area contributed by atoms with E-state index >= 15 is 0 Å². The van der Waals surface area contributed by atoms with Crippen molar-refractivity contribution in [3.8, 4) is 5.75 Å². The third kappa shape index (κ3) is 2.55. The summed E-state index contributed by atoms with van der Waals surface area (Å²) in [7, 11) is 0. The fourth-order valence-corrected chi connectivity index (χ4v) is 3.64. The van der Waals surface area contributed by atoms with Gasteiger partial charge in [0.25, 0.3) is 5.69 Å². The van der Waals surface area contributed by atoms with Gasteiger partial charge in [0.15, 0.2) is 0 Å². The van der Waals surface area contributed by atoms with E-state index in [0.29, 0.717) is 12.0 Å². The number of fused-ring (bicyclic) bond motifs is 3. The van der Waals surface area contributed by atoms with Crippen molar-refractivity contribution in [1.82, 2.24) is 5.01 Å². The lowest BCUT2D eigenvalue weighted by Crippen LogP contribution is -2.33. The molecule has 7 heteroatoms. The number of nitrogens with zero attached hydrogens (tertiary/aromatic N) is 3. The topological polar surface area (TPSA) is 81.1 Å². The smallest absolute Gasteiger partial charge is 0.269 e. The Morgan fingerprint density at radius 3 is 2.81 bits per heavy atom. The molecule has 0 fully saturated rings. The molecule has 0 saturated heterocycles. The molecule has 0 spiro atoms. The van der Waals surface area contributed by atoms with Gasteiger partial charge in [0.2, 0.25) is 6.23 Å². The van der Waals surface area contributed by atoms with Gasteiger partial charge < -0.3 is 9.15 Å². The molecule has 0 unspecified atom stereocenters. The molecular weight excluding hydrogens is 346 g/mol. The van der Waals surface area contributed by atoms with Crippen LogP contribution in [0.5, 0.6) is 5.75 Å². The summed E-state index contributed by atoms with van der Waals surface area (Å²) in [5, 5.41) is 17.8. The Labute approximate surface area is 154 Å². The van der Waals surface area contributed by atoms with Crippen molar-refractivity contribution in [2.24, 2.45) is 5.10 Å². The van der Waals surface area contributed by atoms with Crippen LogP contribution in [0.3, 0.4) is 0 Å². The van der Waals surface area contributed by atoms with Crippen LogP contribution < -0.4 is 4.74 Å². The minimum Gasteiger partial charge on any atom is -0.464 e. The van der Waals surface area contributed by atoms with Crippen LogP contribution in [0, 0.1) is 10.1 Å². The zero-order valence-electron chi connectivity index (χ0n) is 14.2. The summed E-state index contributed by atoms with van der Waals surface area (Å²) in [5.41, 5.74) is 2.60. The third-order valence-corrected chi connectivity index (χ3v) is 4.87. The van der Waals surface area contributed by atoms with Crippen LogP contribution in [0.15, 0.2) is 76.4 Å². The number of non-ortho nitro benzene ring substituents is 1. The summed E-state index contributed by atoms with van der Waals surface area (Å²) in [6, 6.07) is 18.0. The van der Waals surface area contributed by atoms with Gasteiger partial charge in [-0.3, -0.25) is 10.1 Å². The number of benzene rings is 2. The molecular formula is C20H15N3O4. The van der Waals surface area contributed by atoms with E-state index in [4.69, 9.17) is 14.3 Å². The summed E-state index contributed by atoms with van der Waals surface area (Å²) < 4.78 is 11.7. The molecule has 0 bridgehead atoms. The van der Waals surface area contributed by atoms with E-state index in [9.17, 15) is 10.1 Å². The number of hydrazone groups is 1. The Balaban J connectivity index is 1.61. The van der Waals surface area contributed by atoms with Gasteiger partial charge in [0, 0.05) is 29.7 Å². The maximum atomic E-state index is 11.2. The first-order valence-electron chi connectivity index (χ1n) is 8.60. The summed E-state index contributed by atoms with van der Waals surface area (Å²) in [4.78, 5) is 10.8. The molecule has 0 aliphatic carbocycles. The lowest BCUT2D eigenvalue weighted by molar-refractivity contribution is -0.385. The molecule has 2 aromatic carbocycles. The SMILES string of the molecule is O=[N+]([O-])c1cccc([C@@H]2Oc3ccccc3[C@@H]3CC(c4ccco4)=NN32)c1. The molecule has 3 heterocycles. The lowest BCUT2D eigenvalue weighted by atomic mass is 9.97. The van der Waals surface area contributed by atoms with Crippen LogP contribution in [0.1, 0.15) is 35.6 Å². The van der Waals surface area contributed by atoms with Crippen molar-refractivity contribution in [2.45, 2.75) is 18.7 Å². The monoisotopic (exact) mass is 361 g/mol. The van der Waals surface area contributed by atoms with Crippen LogP contribution in [-0.4, -0.2) is 15.6 Å². The Morgan fingerprint density at radius 1 is 1.11 bits per heavy atom. The van der Waals surface area contributed by atoms with Crippen LogP contribution in [-0.2, 0) is 0 Å². The second-order valence-electron chi connectivity index (χ2n) is 6.48. The fourth-order valence-electron chi connectivity index (χ4n) is 3.64. The zero-order valence-corrected chi connectivity index (χ0v) is 14.2. The van der Waals surface area contributed by atoms with E-state index in [1.165, 1.54) is 12.1 Å². The number of ether oxygens (including phenoxy) is 1. The number of nitro benzene ring substituents is 1. The highest BCUT2D eigenvalue weighted by Gasteiger charge is 2.41. The molecule has 27 heavy (non-hydrogen) atoms. The average Bonchev–Trinajstić information content (AvgIpc) is 3.37. The maximum absolute atomic E-state index is 11.2. The first kappa shape index (κ1) is 15.6. The molecule has 0 amide bonds. The summed E-state index contributed by atoms with van der Waals surface area (Å²) in [5.74, 6) is 1.49. The Hall–Kier alpha value is -3.61. The zero-order chi connectivity index (χ0) is 18.4. The van der Waals surface area contributed by atoms with E-state index < -0.39 is 11.2 Å². The maximum Gasteiger partial charge on any atom is 0.269 e. The van der Waals surface area contributed by atoms with E-state index in [1.807, 2.05) is 47.5 Å². The molecule has 0 saturated carbocycles. The number of hydrogen-bond donors (Lipinski definition) is 0. The molecule has 2 aliphatic heterocycles. The second-order valence-corrected chi connectivity index (χ2v) is 6.48. The largest absolute Gasteiger partial charge is 0.464 e. The molecule has 1 aromatic heterocycles. The minimum absolute atomic E-state index is 0.0145. The highest BCUT2D eigenvalue weighted by atomic mass is 16.6. The highest BCUT2D eigenvalue weighted by Crippen LogP contribution is 2.47. The lowest BCUT2D eigenvalue weighted by Gasteiger charge is -2.38. The predicted molar refractivity (Wildman–Crippen MR) is 97.3 cm³/mol. The first-order chi connectivity index (χ1) is 13.2. The van der Waals surface area contributed by atoms with Crippen LogP contribution in [0.2, 0.25) is 0 Å². The number of furan rings is 1. The molecule has 134 valence electrons. The van der Waals surface area contributed by atoms with E-state index in [1.54, 1.807) is 12.3 Å². The normalized spacial score (nSPS) is 20.4. The molecule has 0 N–H and O–H groups in total. The van der Waals surface area contributed by atoms with E-state index in [2.05, 4.69) is 0 Å². The van der Waals surface area contributed by atoms with Gasteiger partial charge in [-0.1, -0.05) is 30.3 Å². The summed E-state index contributed by atoms with van der Waals surface area (Å²) in [6.07, 6.45) is 1.76. The molecule has 2 aliphatic rings. The number of para-hydroxylation sites is 1. The fraction of sp³-hybridized carbons (Fsp3) is 0.150. The van der Waals surface area contributed by atoms with Crippen molar-refractivity contribution >= 4 is 11.4 Å². The Bertz CT molecular complexity index is 1040. The van der Waals surface area contributed by atoms with Gasteiger partial charge in [-0.2, -0.15) is 5.10 Å². The highest BCUT2D eigenvalue weighted by molar-refractivity contribution is 5.99.